The van der Waals surface area contributed by atoms with Gasteiger partial charge in [0.15, 0.2) is 5.78 Å². The Morgan fingerprint density at radius 3 is 2.43 bits per heavy atom. The van der Waals surface area contributed by atoms with Crippen LogP contribution < -0.4 is 0 Å². The fourth-order valence-corrected chi connectivity index (χ4v) is 2.05. The number of thiophene rings is 1. The fraction of sp³-hybridized carbons (Fsp3) is 0. The van der Waals surface area contributed by atoms with E-state index in [1.807, 2.05) is 18.2 Å². The van der Waals surface area contributed by atoms with Crippen LogP contribution in [0.1, 0.15) is 15.9 Å². The van der Waals surface area contributed by atoms with Crippen molar-refractivity contribution in [2.75, 3.05) is 0 Å². The van der Waals surface area contributed by atoms with Gasteiger partial charge < -0.3 is 0 Å². The highest BCUT2D eigenvalue weighted by atomic mass is 35.5. The predicted octanol–water partition coefficient (Wildman–Crippen LogP) is 3.63. The summed E-state index contributed by atoms with van der Waals surface area (Å²) in [4.78, 5) is 11.8. The lowest BCUT2D eigenvalue weighted by Gasteiger charge is -1.95. The third-order valence-electron chi connectivity index (χ3n) is 1.87. The van der Waals surface area contributed by atoms with Crippen molar-refractivity contribution >= 4 is 28.7 Å². The van der Waals surface area contributed by atoms with Gasteiger partial charge in [0.1, 0.15) is 0 Å². The topological polar surface area (TPSA) is 17.1 Å². The maximum atomic E-state index is 11.8. The van der Waals surface area contributed by atoms with E-state index in [2.05, 4.69) is 0 Å². The van der Waals surface area contributed by atoms with E-state index in [4.69, 9.17) is 11.6 Å². The molecule has 14 heavy (non-hydrogen) atoms. The number of carbonyl (C=O) groups is 1. The van der Waals surface area contributed by atoms with Gasteiger partial charge in [-0.3, -0.25) is 4.79 Å². The predicted molar refractivity (Wildman–Crippen MR) is 59.2 cm³/mol. The van der Waals surface area contributed by atoms with Gasteiger partial charge in [0.2, 0.25) is 0 Å². The highest BCUT2D eigenvalue weighted by Crippen LogP contribution is 2.22. The molecule has 0 spiro atoms. The Labute approximate surface area is 91.0 Å². The Morgan fingerprint density at radius 2 is 1.86 bits per heavy atom. The van der Waals surface area contributed by atoms with Crippen LogP contribution in [0.3, 0.4) is 0 Å². The van der Waals surface area contributed by atoms with Crippen molar-refractivity contribution in [1.82, 2.24) is 0 Å². The average Bonchev–Trinajstić information content (AvgIpc) is 2.65. The molecule has 0 amide bonds. The van der Waals surface area contributed by atoms with E-state index >= 15 is 0 Å². The molecule has 0 N–H and O–H groups in total. The first-order valence-corrected chi connectivity index (χ1v) is 5.37. The smallest absolute Gasteiger partial charge is 0.193 e. The largest absolute Gasteiger partial charge is 0.289 e. The van der Waals surface area contributed by atoms with Gasteiger partial charge in [-0.15, -0.1) is 11.3 Å². The molecule has 2 aromatic rings. The minimum absolute atomic E-state index is 0.0220. The van der Waals surface area contributed by atoms with Gasteiger partial charge in [-0.1, -0.05) is 41.9 Å². The van der Waals surface area contributed by atoms with E-state index in [1.54, 1.807) is 23.6 Å². The SMILES string of the molecule is O=C(c1ccccc1)c1csc(Cl)c1. The van der Waals surface area contributed by atoms with Crippen LogP contribution in [0, 0.1) is 0 Å². The third kappa shape index (κ3) is 1.86. The van der Waals surface area contributed by atoms with Crippen LogP contribution in [-0.2, 0) is 0 Å². The van der Waals surface area contributed by atoms with E-state index < -0.39 is 0 Å². The molecule has 1 heterocycles. The highest BCUT2D eigenvalue weighted by Gasteiger charge is 2.09. The Bertz CT molecular complexity index is 447. The molecule has 0 radical (unpaired) electrons. The number of hydrogen-bond donors (Lipinski definition) is 0. The number of ketones is 1. The van der Waals surface area contributed by atoms with Gasteiger partial charge in [0, 0.05) is 16.5 Å². The molecule has 0 saturated heterocycles. The maximum Gasteiger partial charge on any atom is 0.193 e. The lowest BCUT2D eigenvalue weighted by molar-refractivity contribution is 0.103. The lowest BCUT2D eigenvalue weighted by atomic mass is 10.1. The summed E-state index contributed by atoms with van der Waals surface area (Å²) in [6.45, 7) is 0. The minimum Gasteiger partial charge on any atom is -0.289 e. The summed E-state index contributed by atoms with van der Waals surface area (Å²) in [7, 11) is 0. The second kappa shape index (κ2) is 3.95. The van der Waals surface area contributed by atoms with Gasteiger partial charge in [0.25, 0.3) is 0 Å². The van der Waals surface area contributed by atoms with Crippen molar-refractivity contribution in [2.45, 2.75) is 0 Å². The second-order valence-corrected chi connectivity index (χ2v) is 4.38. The van der Waals surface area contributed by atoms with E-state index in [9.17, 15) is 4.79 Å². The molecule has 1 aromatic carbocycles. The van der Waals surface area contributed by atoms with E-state index in [-0.39, 0.29) is 5.78 Å². The quantitative estimate of drug-likeness (QED) is 0.710. The second-order valence-electron chi connectivity index (χ2n) is 2.83. The first-order chi connectivity index (χ1) is 6.77. The van der Waals surface area contributed by atoms with Crippen molar-refractivity contribution < 1.29 is 4.79 Å². The molecule has 3 heteroatoms. The van der Waals surface area contributed by atoms with Crippen LogP contribution in [0.4, 0.5) is 0 Å². The van der Waals surface area contributed by atoms with Crippen molar-refractivity contribution in [3.8, 4) is 0 Å². The van der Waals surface area contributed by atoms with E-state index in [0.717, 1.165) is 0 Å². The molecule has 0 aliphatic heterocycles. The standard InChI is InChI=1S/C11H7ClOS/c12-10-6-9(7-14-10)11(13)8-4-2-1-3-5-8/h1-7H. The van der Waals surface area contributed by atoms with Gasteiger partial charge in [-0.25, -0.2) is 0 Å². The third-order valence-corrected chi connectivity index (χ3v) is 2.96. The molecule has 0 saturated carbocycles. The lowest BCUT2D eigenvalue weighted by Crippen LogP contribution is -1.98. The Hall–Kier alpha value is -1.12. The van der Waals surface area contributed by atoms with Crippen molar-refractivity contribution in [1.29, 1.82) is 0 Å². The van der Waals surface area contributed by atoms with Gasteiger partial charge in [-0.05, 0) is 6.07 Å². The van der Waals surface area contributed by atoms with Crippen LogP contribution in [0.15, 0.2) is 41.8 Å². The number of halogens is 1. The minimum atomic E-state index is 0.0220. The normalized spacial score (nSPS) is 10.1. The molecule has 0 unspecified atom stereocenters. The van der Waals surface area contributed by atoms with Crippen molar-refractivity contribution in [3.05, 3.63) is 57.2 Å². The number of hydrogen-bond acceptors (Lipinski definition) is 2. The van der Waals surface area contributed by atoms with Crippen LogP contribution >= 0.6 is 22.9 Å². The Morgan fingerprint density at radius 1 is 1.14 bits per heavy atom. The zero-order valence-electron chi connectivity index (χ0n) is 7.24. The Balaban J connectivity index is 2.34. The van der Waals surface area contributed by atoms with Crippen LogP contribution in [-0.4, -0.2) is 5.78 Å². The van der Waals surface area contributed by atoms with Crippen molar-refractivity contribution in [3.63, 3.8) is 0 Å². The average molecular weight is 223 g/mol. The number of benzene rings is 1. The summed E-state index contributed by atoms with van der Waals surface area (Å²) in [6, 6.07) is 10.9. The summed E-state index contributed by atoms with van der Waals surface area (Å²) < 4.78 is 0.643. The van der Waals surface area contributed by atoms with E-state index in [0.29, 0.717) is 15.5 Å². The summed E-state index contributed by atoms with van der Waals surface area (Å²) in [6.07, 6.45) is 0. The molecule has 1 nitrogen and oxygen atoms in total. The van der Waals surface area contributed by atoms with Crippen LogP contribution in [0.25, 0.3) is 0 Å². The molecular formula is C11H7ClOS. The Kier molecular flexibility index (Phi) is 2.66. The first-order valence-electron chi connectivity index (χ1n) is 4.11. The molecule has 0 bridgehead atoms. The zero-order chi connectivity index (χ0) is 9.97. The molecule has 0 fully saturated rings. The summed E-state index contributed by atoms with van der Waals surface area (Å²) in [5.41, 5.74) is 1.35. The highest BCUT2D eigenvalue weighted by molar-refractivity contribution is 7.14. The maximum absolute atomic E-state index is 11.8. The van der Waals surface area contributed by atoms with Gasteiger partial charge >= 0.3 is 0 Å². The van der Waals surface area contributed by atoms with Crippen molar-refractivity contribution in [2.24, 2.45) is 0 Å². The van der Waals surface area contributed by atoms with Gasteiger partial charge in [0.05, 0.1) is 4.34 Å². The molecule has 1 aromatic heterocycles. The summed E-state index contributed by atoms with van der Waals surface area (Å²) in [5, 5.41) is 1.78. The monoisotopic (exact) mass is 222 g/mol. The summed E-state index contributed by atoms with van der Waals surface area (Å²) >= 11 is 7.13. The molecule has 70 valence electrons. The van der Waals surface area contributed by atoms with E-state index in [1.165, 1.54) is 11.3 Å². The fourth-order valence-electron chi connectivity index (χ4n) is 1.19. The number of rotatable bonds is 2. The molecular weight excluding hydrogens is 216 g/mol. The van der Waals surface area contributed by atoms with Crippen LogP contribution in [0.5, 0.6) is 0 Å². The van der Waals surface area contributed by atoms with Gasteiger partial charge in [-0.2, -0.15) is 0 Å². The van der Waals surface area contributed by atoms with Crippen LogP contribution in [0.2, 0.25) is 4.34 Å². The summed E-state index contributed by atoms with van der Waals surface area (Å²) in [5.74, 6) is 0.0220. The molecule has 0 aliphatic rings. The molecule has 2 rings (SSSR count). The molecule has 0 aliphatic carbocycles. The molecule has 0 atom stereocenters. The first kappa shape index (κ1) is 9.44. The zero-order valence-corrected chi connectivity index (χ0v) is 8.81. The number of carbonyl (C=O) groups excluding carboxylic acids is 1.